The van der Waals surface area contributed by atoms with Gasteiger partial charge in [0, 0.05) is 32.4 Å². The molecule has 0 N–H and O–H groups in total. The van der Waals surface area contributed by atoms with Crippen molar-refractivity contribution in [2.45, 2.75) is 25.1 Å². The zero-order valence-electron chi connectivity index (χ0n) is 13.4. The van der Waals surface area contributed by atoms with Crippen LogP contribution in [0.25, 0.3) is 0 Å². The van der Waals surface area contributed by atoms with Gasteiger partial charge in [-0.2, -0.15) is 13.2 Å². The highest BCUT2D eigenvalue weighted by atomic mass is 19.4. The predicted octanol–water partition coefficient (Wildman–Crippen LogP) is 3.60. The topological polar surface area (TPSA) is 32.3 Å². The number of halogens is 3. The zero-order chi connectivity index (χ0) is 17.2. The maximum absolute atomic E-state index is 12.6. The summed E-state index contributed by atoms with van der Waals surface area (Å²) in [5.74, 6) is 0.937. The number of hydrogen-bond donors (Lipinski definition) is 0. The van der Waals surface area contributed by atoms with Crippen LogP contribution in [0.4, 0.5) is 24.7 Å². The molecular formula is C17H19F3N4. The first-order chi connectivity index (χ1) is 11.4. The van der Waals surface area contributed by atoms with Crippen molar-refractivity contribution in [3.8, 4) is 0 Å². The minimum Gasteiger partial charge on any atom is -0.370 e. The van der Waals surface area contributed by atoms with Gasteiger partial charge >= 0.3 is 6.18 Å². The van der Waals surface area contributed by atoms with Crippen LogP contribution in [-0.4, -0.2) is 36.1 Å². The van der Waals surface area contributed by atoms with E-state index < -0.39 is 11.9 Å². The molecular weight excluding hydrogens is 317 g/mol. The van der Waals surface area contributed by atoms with E-state index in [1.165, 1.54) is 12.3 Å². The molecule has 3 heterocycles. The summed E-state index contributed by atoms with van der Waals surface area (Å²) in [5.41, 5.74) is -0.113. The lowest BCUT2D eigenvalue weighted by molar-refractivity contribution is -0.141. The van der Waals surface area contributed by atoms with Gasteiger partial charge in [-0.1, -0.05) is 6.07 Å². The molecule has 0 bridgehead atoms. The molecule has 0 saturated carbocycles. The Morgan fingerprint density at radius 3 is 2.38 bits per heavy atom. The summed E-state index contributed by atoms with van der Waals surface area (Å²) in [6.45, 7) is 1.57. The summed E-state index contributed by atoms with van der Waals surface area (Å²) in [7, 11) is 2.03. The minimum absolute atomic E-state index is 0.374. The summed E-state index contributed by atoms with van der Waals surface area (Å²) in [4.78, 5) is 12.1. The van der Waals surface area contributed by atoms with E-state index in [9.17, 15) is 13.2 Å². The van der Waals surface area contributed by atoms with Crippen molar-refractivity contribution in [2.75, 3.05) is 29.9 Å². The second kappa shape index (κ2) is 6.67. The van der Waals surface area contributed by atoms with Crippen molar-refractivity contribution >= 4 is 11.5 Å². The summed E-state index contributed by atoms with van der Waals surface area (Å²) in [5, 5.41) is 0. The highest BCUT2D eigenvalue weighted by molar-refractivity contribution is 5.46. The van der Waals surface area contributed by atoms with Crippen LogP contribution >= 0.6 is 0 Å². The lowest BCUT2D eigenvalue weighted by Gasteiger charge is -2.38. The molecule has 0 radical (unpaired) electrons. The second-order valence-corrected chi connectivity index (χ2v) is 5.92. The van der Waals surface area contributed by atoms with E-state index in [-0.39, 0.29) is 0 Å². The molecule has 1 saturated heterocycles. The number of pyridine rings is 2. The van der Waals surface area contributed by atoms with Gasteiger partial charge in [0.25, 0.3) is 0 Å². The average molecular weight is 336 g/mol. The normalized spacial score (nSPS) is 16.2. The Bertz CT molecular complexity index is 650. The smallest absolute Gasteiger partial charge is 0.370 e. The molecule has 0 aliphatic carbocycles. The first-order valence-corrected chi connectivity index (χ1v) is 7.87. The Morgan fingerprint density at radius 2 is 1.83 bits per heavy atom. The fourth-order valence-corrected chi connectivity index (χ4v) is 3.00. The molecule has 0 spiro atoms. The highest BCUT2D eigenvalue weighted by Gasteiger charge is 2.32. The van der Waals surface area contributed by atoms with Crippen LogP contribution in [0.1, 0.15) is 18.5 Å². The van der Waals surface area contributed by atoms with Gasteiger partial charge in [0.1, 0.15) is 11.5 Å². The maximum Gasteiger partial charge on any atom is 0.433 e. The fraction of sp³-hybridized carbons (Fsp3) is 0.412. The molecule has 0 atom stereocenters. The Balaban J connectivity index is 1.61. The number of nitrogens with zero attached hydrogens (tertiary/aromatic N) is 4. The van der Waals surface area contributed by atoms with Crippen LogP contribution in [0.15, 0.2) is 42.7 Å². The summed E-state index contributed by atoms with van der Waals surface area (Å²) in [6.07, 6.45) is 0.541. The Labute approximate surface area is 138 Å². The third kappa shape index (κ3) is 3.60. The van der Waals surface area contributed by atoms with Crippen LogP contribution in [0.2, 0.25) is 0 Å². The Hall–Kier alpha value is -2.31. The van der Waals surface area contributed by atoms with Gasteiger partial charge in [-0.25, -0.2) is 9.97 Å². The predicted molar refractivity (Wildman–Crippen MR) is 87.1 cm³/mol. The quantitative estimate of drug-likeness (QED) is 0.857. The van der Waals surface area contributed by atoms with Gasteiger partial charge in [0.15, 0.2) is 0 Å². The van der Waals surface area contributed by atoms with Crippen LogP contribution in [-0.2, 0) is 6.18 Å². The molecule has 24 heavy (non-hydrogen) atoms. The Kier molecular flexibility index (Phi) is 4.59. The molecule has 0 amide bonds. The summed E-state index contributed by atoms with van der Waals surface area (Å²) >= 11 is 0. The van der Waals surface area contributed by atoms with Gasteiger partial charge in [-0.3, -0.25) is 0 Å². The van der Waals surface area contributed by atoms with Crippen LogP contribution in [0.3, 0.4) is 0 Å². The molecule has 0 unspecified atom stereocenters. The van der Waals surface area contributed by atoms with E-state index in [4.69, 9.17) is 0 Å². The van der Waals surface area contributed by atoms with Crippen LogP contribution < -0.4 is 9.80 Å². The van der Waals surface area contributed by atoms with Gasteiger partial charge in [0.2, 0.25) is 0 Å². The van der Waals surface area contributed by atoms with Gasteiger partial charge in [-0.15, -0.1) is 0 Å². The van der Waals surface area contributed by atoms with E-state index in [2.05, 4.69) is 19.8 Å². The number of alkyl halides is 3. The minimum atomic E-state index is -4.39. The highest BCUT2D eigenvalue weighted by Crippen LogP contribution is 2.29. The SMILES string of the molecule is CN(c1ccccn1)C1CCN(c2ccc(C(F)(F)F)nc2)CC1. The van der Waals surface area contributed by atoms with Crippen molar-refractivity contribution in [3.63, 3.8) is 0 Å². The molecule has 3 rings (SSSR count). The lowest BCUT2D eigenvalue weighted by Crippen LogP contribution is -2.43. The first kappa shape index (κ1) is 16.5. The number of anilines is 2. The largest absolute Gasteiger partial charge is 0.433 e. The van der Waals surface area contributed by atoms with Gasteiger partial charge in [-0.05, 0) is 37.1 Å². The third-order valence-electron chi connectivity index (χ3n) is 4.43. The standard InChI is InChI=1S/C17H19F3N4/c1-23(16-4-2-3-9-21-16)13-7-10-24(11-8-13)14-5-6-15(22-12-14)17(18,19)20/h2-6,9,12-13H,7-8,10-11H2,1H3. The fourth-order valence-electron chi connectivity index (χ4n) is 3.00. The molecule has 1 aliphatic rings. The van der Waals surface area contributed by atoms with Crippen LogP contribution in [0, 0.1) is 0 Å². The zero-order valence-corrected chi connectivity index (χ0v) is 13.4. The molecule has 0 aromatic carbocycles. The van der Waals surface area contributed by atoms with Crippen molar-refractivity contribution in [1.29, 1.82) is 0 Å². The van der Waals surface area contributed by atoms with Crippen molar-refractivity contribution < 1.29 is 13.2 Å². The number of piperidine rings is 1. The number of rotatable bonds is 3. The van der Waals surface area contributed by atoms with Crippen molar-refractivity contribution in [1.82, 2.24) is 9.97 Å². The van der Waals surface area contributed by atoms with E-state index in [1.54, 1.807) is 6.20 Å². The van der Waals surface area contributed by atoms with Gasteiger partial charge < -0.3 is 9.80 Å². The first-order valence-electron chi connectivity index (χ1n) is 7.87. The molecule has 1 fully saturated rings. The maximum atomic E-state index is 12.6. The monoisotopic (exact) mass is 336 g/mol. The molecule has 2 aromatic rings. The third-order valence-corrected chi connectivity index (χ3v) is 4.43. The summed E-state index contributed by atoms with van der Waals surface area (Å²) < 4.78 is 37.7. The number of hydrogen-bond acceptors (Lipinski definition) is 4. The molecule has 1 aliphatic heterocycles. The van der Waals surface area contributed by atoms with Crippen molar-refractivity contribution in [2.24, 2.45) is 0 Å². The number of aromatic nitrogens is 2. The van der Waals surface area contributed by atoms with E-state index in [0.29, 0.717) is 6.04 Å². The van der Waals surface area contributed by atoms with E-state index >= 15 is 0 Å². The molecule has 4 nitrogen and oxygen atoms in total. The van der Waals surface area contributed by atoms with Gasteiger partial charge in [0.05, 0.1) is 11.9 Å². The Morgan fingerprint density at radius 1 is 1.08 bits per heavy atom. The van der Waals surface area contributed by atoms with Crippen molar-refractivity contribution in [3.05, 3.63) is 48.4 Å². The van der Waals surface area contributed by atoms with E-state index in [0.717, 1.165) is 43.5 Å². The lowest BCUT2D eigenvalue weighted by atomic mass is 10.0. The molecule has 2 aromatic heterocycles. The molecule has 7 heteroatoms. The average Bonchev–Trinajstić information content (AvgIpc) is 2.61. The second-order valence-electron chi connectivity index (χ2n) is 5.92. The van der Waals surface area contributed by atoms with E-state index in [1.807, 2.05) is 25.2 Å². The summed E-state index contributed by atoms with van der Waals surface area (Å²) in [6, 6.07) is 8.74. The van der Waals surface area contributed by atoms with Crippen LogP contribution in [0.5, 0.6) is 0 Å². The molecule has 128 valence electrons.